The van der Waals surface area contributed by atoms with E-state index in [0.29, 0.717) is 12.0 Å². The molecule has 0 saturated carbocycles. The van der Waals surface area contributed by atoms with Crippen molar-refractivity contribution in [2.24, 2.45) is 16.5 Å². The Balaban J connectivity index is 2.38. The van der Waals surface area contributed by atoms with Crippen LogP contribution in [0.2, 0.25) is 0 Å². The van der Waals surface area contributed by atoms with E-state index in [4.69, 9.17) is 11.5 Å². The van der Waals surface area contributed by atoms with Gasteiger partial charge in [-0.05, 0) is 24.8 Å². The summed E-state index contributed by atoms with van der Waals surface area (Å²) in [7, 11) is 0. The maximum Gasteiger partial charge on any atom is 0.305 e. The highest BCUT2D eigenvalue weighted by Crippen LogP contribution is 2.07. The van der Waals surface area contributed by atoms with Crippen LogP contribution in [-0.4, -0.2) is 83.8 Å². The molecule has 0 unspecified atom stereocenters. The van der Waals surface area contributed by atoms with Crippen LogP contribution in [-0.2, 0) is 35.2 Å². The van der Waals surface area contributed by atoms with E-state index in [-0.39, 0.29) is 31.8 Å². The van der Waals surface area contributed by atoms with Crippen LogP contribution in [0.15, 0.2) is 35.3 Å². The summed E-state index contributed by atoms with van der Waals surface area (Å²) in [6, 6.07) is 3.84. The van der Waals surface area contributed by atoms with Crippen LogP contribution in [0.25, 0.3) is 0 Å². The van der Waals surface area contributed by atoms with Gasteiger partial charge in [-0.25, -0.2) is 0 Å². The van der Waals surface area contributed by atoms with E-state index >= 15 is 0 Å². The van der Waals surface area contributed by atoms with Gasteiger partial charge in [0.25, 0.3) is 0 Å². The number of aliphatic carboxylic acids is 1. The Morgan fingerprint density at radius 3 is 2.10 bits per heavy atom. The lowest BCUT2D eigenvalue weighted by Gasteiger charge is -2.25. The average Bonchev–Trinajstić information content (AvgIpc) is 2.90. The molecule has 218 valence electrons. The molecule has 0 radical (unpaired) electrons. The summed E-state index contributed by atoms with van der Waals surface area (Å²) in [5.74, 6) is -5.31. The van der Waals surface area contributed by atoms with Crippen LogP contribution >= 0.6 is 0 Å². The fourth-order valence-electron chi connectivity index (χ4n) is 3.92. The zero-order valence-electron chi connectivity index (χ0n) is 22.1. The standard InChI is InChI=1S/C25H36N8O7/c1-2-15-22(38)32-16(9-6-10-28-25(26)27)21(37)29-13-19(34)30-18(12-20(35)36)24(40)33-17(23(39)31-15)11-14-7-4-3-5-8-14/h3-5,7-8,15-18H,2,6,9-13H2,1H3,(H,29,37)(H,30,34)(H,31,39)(H,32,38)(H,33,40)(H,35,36)(H4,26,27,28)/t15-,16-,17+,18-/m0/s1. The molecule has 40 heavy (non-hydrogen) atoms. The predicted molar refractivity (Wildman–Crippen MR) is 143 cm³/mol. The van der Waals surface area contributed by atoms with Crippen LogP contribution in [0.5, 0.6) is 0 Å². The minimum atomic E-state index is -1.53. The molecule has 10 N–H and O–H groups in total. The molecule has 0 bridgehead atoms. The number of nitrogens with two attached hydrogens (primary N) is 2. The van der Waals surface area contributed by atoms with Gasteiger partial charge in [0.15, 0.2) is 5.96 Å². The second kappa shape index (κ2) is 15.7. The molecule has 15 heteroatoms. The Labute approximate surface area is 230 Å². The molecular formula is C25H36N8O7. The van der Waals surface area contributed by atoms with Gasteiger partial charge in [-0.3, -0.25) is 33.8 Å². The van der Waals surface area contributed by atoms with Crippen LogP contribution in [0.1, 0.15) is 38.2 Å². The van der Waals surface area contributed by atoms with Crippen molar-refractivity contribution in [1.29, 1.82) is 0 Å². The van der Waals surface area contributed by atoms with E-state index in [9.17, 15) is 33.9 Å². The summed E-state index contributed by atoms with van der Waals surface area (Å²) >= 11 is 0. The first-order chi connectivity index (χ1) is 19.0. The third kappa shape index (κ3) is 10.6. The monoisotopic (exact) mass is 560 g/mol. The Bertz CT molecular complexity index is 1110. The van der Waals surface area contributed by atoms with Crippen LogP contribution in [0.4, 0.5) is 0 Å². The molecular weight excluding hydrogens is 524 g/mol. The molecule has 0 spiro atoms. The van der Waals surface area contributed by atoms with Gasteiger partial charge in [-0.1, -0.05) is 37.3 Å². The first kappa shape index (κ1) is 31.5. The highest BCUT2D eigenvalue weighted by Gasteiger charge is 2.32. The van der Waals surface area contributed by atoms with E-state index in [1.807, 2.05) is 0 Å². The predicted octanol–water partition coefficient (Wildman–Crippen LogP) is -2.76. The molecule has 1 aromatic rings. The number of carboxylic acids is 1. The number of carboxylic acid groups (broad SMARTS) is 1. The topological polar surface area (TPSA) is 247 Å². The number of guanidine groups is 1. The largest absolute Gasteiger partial charge is 0.481 e. The van der Waals surface area contributed by atoms with Crippen LogP contribution in [0.3, 0.4) is 0 Å². The zero-order chi connectivity index (χ0) is 29.7. The quantitative estimate of drug-likeness (QED) is 0.0883. The van der Waals surface area contributed by atoms with Crippen molar-refractivity contribution in [1.82, 2.24) is 26.6 Å². The van der Waals surface area contributed by atoms with E-state index in [1.54, 1.807) is 37.3 Å². The maximum absolute atomic E-state index is 13.3. The fraction of sp³-hybridized carbons (Fsp3) is 0.480. The lowest BCUT2D eigenvalue weighted by atomic mass is 10.0. The molecule has 2 rings (SSSR count). The van der Waals surface area contributed by atoms with Gasteiger partial charge >= 0.3 is 5.97 Å². The van der Waals surface area contributed by atoms with Gasteiger partial charge in [-0.2, -0.15) is 0 Å². The van der Waals surface area contributed by atoms with Crippen molar-refractivity contribution < 1.29 is 33.9 Å². The van der Waals surface area contributed by atoms with E-state index in [0.717, 1.165) is 0 Å². The zero-order valence-corrected chi connectivity index (χ0v) is 22.1. The van der Waals surface area contributed by atoms with Gasteiger partial charge < -0.3 is 43.2 Å². The number of nitrogens with one attached hydrogen (secondary N) is 5. The van der Waals surface area contributed by atoms with Gasteiger partial charge in [0.2, 0.25) is 29.5 Å². The average molecular weight is 561 g/mol. The SMILES string of the molecule is CC[C@@H]1NC(=O)[C@@H](Cc2ccccc2)NC(=O)[C@H](CC(=O)O)NC(=O)CNC(=O)[C@H](CCCN=C(N)N)NC1=O. The lowest BCUT2D eigenvalue weighted by Crippen LogP contribution is -2.58. The van der Waals surface area contributed by atoms with E-state index < -0.39 is 72.6 Å². The number of benzene rings is 1. The summed E-state index contributed by atoms with van der Waals surface area (Å²) in [6.07, 6.45) is -0.163. The number of aliphatic imine (C=N–C) groups is 1. The summed E-state index contributed by atoms with van der Waals surface area (Å²) in [5, 5.41) is 21.6. The molecule has 1 aromatic carbocycles. The van der Waals surface area contributed by atoms with Crippen molar-refractivity contribution in [2.75, 3.05) is 13.1 Å². The maximum atomic E-state index is 13.3. The molecule has 1 aliphatic heterocycles. The summed E-state index contributed by atoms with van der Waals surface area (Å²) in [5.41, 5.74) is 11.3. The number of nitrogens with zero attached hydrogens (tertiary/aromatic N) is 1. The Morgan fingerprint density at radius 1 is 0.875 bits per heavy atom. The molecule has 1 fully saturated rings. The van der Waals surface area contributed by atoms with E-state index in [2.05, 4.69) is 31.6 Å². The number of carbonyl (C=O) groups excluding carboxylic acids is 5. The number of hydrogen-bond acceptors (Lipinski definition) is 7. The van der Waals surface area contributed by atoms with Crippen LogP contribution < -0.4 is 38.1 Å². The first-order valence-corrected chi connectivity index (χ1v) is 12.8. The molecule has 1 heterocycles. The number of rotatable bonds is 9. The van der Waals surface area contributed by atoms with Crippen molar-refractivity contribution >= 4 is 41.5 Å². The first-order valence-electron chi connectivity index (χ1n) is 12.8. The number of hydrogen-bond donors (Lipinski definition) is 8. The highest BCUT2D eigenvalue weighted by atomic mass is 16.4. The van der Waals surface area contributed by atoms with Crippen molar-refractivity contribution in [2.45, 2.75) is 63.2 Å². The molecule has 15 nitrogen and oxygen atoms in total. The molecule has 1 saturated heterocycles. The van der Waals surface area contributed by atoms with Crippen LogP contribution in [0, 0.1) is 0 Å². The van der Waals surface area contributed by atoms with Crippen molar-refractivity contribution in [3.63, 3.8) is 0 Å². The molecule has 0 aliphatic carbocycles. The summed E-state index contributed by atoms with van der Waals surface area (Å²) in [6.45, 7) is 1.25. The van der Waals surface area contributed by atoms with Crippen molar-refractivity contribution in [3.8, 4) is 0 Å². The molecule has 4 atom stereocenters. The fourth-order valence-corrected chi connectivity index (χ4v) is 3.92. The number of amides is 5. The van der Waals surface area contributed by atoms with Crippen molar-refractivity contribution in [3.05, 3.63) is 35.9 Å². The Kier molecular flexibility index (Phi) is 12.3. The third-order valence-electron chi connectivity index (χ3n) is 5.99. The third-order valence-corrected chi connectivity index (χ3v) is 5.99. The lowest BCUT2D eigenvalue weighted by molar-refractivity contribution is -0.141. The summed E-state index contributed by atoms with van der Waals surface area (Å²) in [4.78, 5) is 80.1. The normalized spacial score (nSPS) is 22.8. The molecule has 1 aliphatic rings. The Morgan fingerprint density at radius 2 is 1.48 bits per heavy atom. The van der Waals surface area contributed by atoms with E-state index in [1.165, 1.54) is 0 Å². The molecule has 5 amide bonds. The van der Waals surface area contributed by atoms with Gasteiger partial charge in [-0.15, -0.1) is 0 Å². The van der Waals surface area contributed by atoms with Gasteiger partial charge in [0.05, 0.1) is 13.0 Å². The van der Waals surface area contributed by atoms with Gasteiger partial charge in [0, 0.05) is 13.0 Å². The number of carbonyl (C=O) groups is 6. The second-order valence-electron chi connectivity index (χ2n) is 9.17. The van der Waals surface area contributed by atoms with Gasteiger partial charge in [0.1, 0.15) is 24.2 Å². The minimum Gasteiger partial charge on any atom is -0.481 e. The smallest absolute Gasteiger partial charge is 0.305 e. The second-order valence-corrected chi connectivity index (χ2v) is 9.17. The minimum absolute atomic E-state index is 0.0255. The summed E-state index contributed by atoms with van der Waals surface area (Å²) < 4.78 is 0. The molecule has 0 aromatic heterocycles. The highest BCUT2D eigenvalue weighted by molar-refractivity contribution is 5.98. The Hall–Kier alpha value is -4.69.